The van der Waals surface area contributed by atoms with Gasteiger partial charge in [-0.3, -0.25) is 0 Å². The number of rotatable bonds is 2. The molecular weight excluding hydrogens is 311 g/mol. The van der Waals surface area contributed by atoms with Crippen molar-refractivity contribution in [2.24, 2.45) is 0 Å². The van der Waals surface area contributed by atoms with Crippen molar-refractivity contribution < 1.29 is 13.2 Å². The molecule has 0 aliphatic carbocycles. The largest absolute Gasteiger partial charge is 0.416 e. The quantitative estimate of drug-likeness (QED) is 0.834. The number of nitrogens with zero attached hydrogens (tertiary/aromatic N) is 3. The zero-order valence-corrected chi connectivity index (χ0v) is 13.2. The number of benzene rings is 1. The van der Waals surface area contributed by atoms with E-state index in [0.29, 0.717) is 5.52 Å². The van der Waals surface area contributed by atoms with Gasteiger partial charge in [-0.2, -0.15) is 13.2 Å². The van der Waals surface area contributed by atoms with Crippen LogP contribution in [0.15, 0.2) is 18.2 Å². The van der Waals surface area contributed by atoms with Crippen molar-refractivity contribution in [3.8, 4) is 0 Å². The van der Waals surface area contributed by atoms with E-state index in [2.05, 4.69) is 21.7 Å². The summed E-state index contributed by atoms with van der Waals surface area (Å²) in [5, 5.41) is 0.826. The molecule has 0 spiro atoms. The highest BCUT2D eigenvalue weighted by atomic mass is 32.1. The van der Waals surface area contributed by atoms with Gasteiger partial charge in [0.2, 0.25) is 0 Å². The molecule has 1 aliphatic heterocycles. The number of hydrogen-bond donors (Lipinski definition) is 0. The van der Waals surface area contributed by atoms with Gasteiger partial charge in [0.15, 0.2) is 5.13 Å². The number of likely N-dealkylation sites (N-methyl/N-ethyl adjacent to an activating group) is 1. The summed E-state index contributed by atoms with van der Waals surface area (Å²) in [5.74, 6) is 0. The number of fused-ring (bicyclic) bond motifs is 1. The van der Waals surface area contributed by atoms with Crippen molar-refractivity contribution in [2.45, 2.75) is 19.5 Å². The second kappa shape index (κ2) is 6.04. The number of hydrogen-bond acceptors (Lipinski definition) is 4. The maximum absolute atomic E-state index is 12.8. The molecule has 7 heteroatoms. The maximum Gasteiger partial charge on any atom is 0.416 e. The highest BCUT2D eigenvalue weighted by Gasteiger charge is 2.31. The lowest BCUT2D eigenvalue weighted by Crippen LogP contribution is -2.30. The fourth-order valence-electron chi connectivity index (χ4n) is 2.71. The summed E-state index contributed by atoms with van der Waals surface area (Å²) in [5.41, 5.74) is -0.198. The van der Waals surface area contributed by atoms with Crippen LogP contribution in [0.25, 0.3) is 10.2 Å². The molecule has 0 saturated carbocycles. The topological polar surface area (TPSA) is 19.4 Å². The van der Waals surface area contributed by atoms with Gasteiger partial charge in [0.1, 0.15) is 0 Å². The normalized spacial score (nSPS) is 17.9. The van der Waals surface area contributed by atoms with Gasteiger partial charge < -0.3 is 9.80 Å². The number of aromatic nitrogens is 1. The minimum atomic E-state index is -4.32. The zero-order chi connectivity index (χ0) is 15.7. The molecule has 1 saturated heterocycles. The van der Waals surface area contributed by atoms with Crippen molar-refractivity contribution >= 4 is 26.7 Å². The first-order valence-corrected chi connectivity index (χ1v) is 8.24. The molecule has 0 atom stereocenters. The molecule has 1 aromatic heterocycles. The van der Waals surface area contributed by atoms with Gasteiger partial charge in [0, 0.05) is 19.6 Å². The molecule has 1 aliphatic rings. The van der Waals surface area contributed by atoms with Crippen molar-refractivity contribution in [2.75, 3.05) is 37.6 Å². The Morgan fingerprint density at radius 1 is 1.18 bits per heavy atom. The zero-order valence-electron chi connectivity index (χ0n) is 12.4. The van der Waals surface area contributed by atoms with Crippen LogP contribution in [0.1, 0.15) is 18.9 Å². The molecule has 3 rings (SSSR count). The SMILES string of the molecule is CCN1CCCN(c2nc3cc(C(F)(F)F)ccc3s2)CC1. The molecule has 2 heterocycles. The summed E-state index contributed by atoms with van der Waals surface area (Å²) in [4.78, 5) is 9.00. The van der Waals surface area contributed by atoms with Crippen LogP contribution in [0.5, 0.6) is 0 Å². The van der Waals surface area contributed by atoms with Crippen LogP contribution >= 0.6 is 11.3 Å². The molecule has 0 N–H and O–H groups in total. The number of alkyl halides is 3. The molecule has 0 radical (unpaired) electrons. The van der Waals surface area contributed by atoms with Crippen LogP contribution in [0.4, 0.5) is 18.3 Å². The van der Waals surface area contributed by atoms with Crippen molar-refractivity contribution in [3.05, 3.63) is 23.8 Å². The van der Waals surface area contributed by atoms with E-state index in [4.69, 9.17) is 0 Å². The van der Waals surface area contributed by atoms with Crippen LogP contribution in [0.2, 0.25) is 0 Å². The summed E-state index contributed by atoms with van der Waals surface area (Å²) in [6.07, 6.45) is -3.26. The van der Waals surface area contributed by atoms with E-state index in [9.17, 15) is 13.2 Å². The summed E-state index contributed by atoms with van der Waals surface area (Å²) >= 11 is 1.47. The Hall–Kier alpha value is -1.34. The molecule has 22 heavy (non-hydrogen) atoms. The molecule has 120 valence electrons. The first-order valence-electron chi connectivity index (χ1n) is 7.42. The van der Waals surface area contributed by atoms with E-state index in [0.717, 1.165) is 61.1 Å². The summed E-state index contributed by atoms with van der Waals surface area (Å²) in [6.45, 7) is 6.99. The standard InChI is InChI=1S/C15H18F3N3S/c1-2-20-6-3-7-21(9-8-20)14-19-12-10-11(15(16,17)18)4-5-13(12)22-14/h4-5,10H,2-3,6-9H2,1H3. The second-order valence-corrected chi connectivity index (χ2v) is 6.46. The van der Waals surface area contributed by atoms with E-state index >= 15 is 0 Å². The smallest absolute Gasteiger partial charge is 0.347 e. The van der Waals surface area contributed by atoms with E-state index in [-0.39, 0.29) is 0 Å². The minimum absolute atomic E-state index is 0.436. The van der Waals surface area contributed by atoms with Crippen molar-refractivity contribution in [3.63, 3.8) is 0 Å². The Morgan fingerprint density at radius 3 is 2.73 bits per heavy atom. The van der Waals surface area contributed by atoms with Gasteiger partial charge in [-0.1, -0.05) is 18.3 Å². The molecule has 3 nitrogen and oxygen atoms in total. The fourth-order valence-corrected chi connectivity index (χ4v) is 3.70. The van der Waals surface area contributed by atoms with Gasteiger partial charge in [-0.25, -0.2) is 4.98 Å². The Labute approximate surface area is 131 Å². The predicted octanol–water partition coefficient (Wildman–Crippen LogP) is 3.85. The van der Waals surface area contributed by atoms with E-state index in [1.165, 1.54) is 17.4 Å². The van der Waals surface area contributed by atoms with Gasteiger partial charge in [0.05, 0.1) is 15.8 Å². The average Bonchev–Trinajstić information content (AvgIpc) is 2.75. The molecule has 0 amide bonds. The van der Waals surface area contributed by atoms with Crippen molar-refractivity contribution in [1.82, 2.24) is 9.88 Å². The highest BCUT2D eigenvalue weighted by Crippen LogP contribution is 2.35. The third-order valence-corrected chi connectivity index (χ3v) is 5.11. The molecule has 1 fully saturated rings. The lowest BCUT2D eigenvalue weighted by Gasteiger charge is -2.20. The lowest BCUT2D eigenvalue weighted by atomic mass is 10.2. The molecule has 0 unspecified atom stereocenters. The van der Waals surface area contributed by atoms with Crippen LogP contribution in [-0.4, -0.2) is 42.6 Å². The monoisotopic (exact) mass is 329 g/mol. The third kappa shape index (κ3) is 3.20. The fraction of sp³-hybridized carbons (Fsp3) is 0.533. The second-order valence-electron chi connectivity index (χ2n) is 5.45. The first-order chi connectivity index (χ1) is 10.5. The lowest BCUT2D eigenvalue weighted by molar-refractivity contribution is -0.137. The Balaban J connectivity index is 1.85. The highest BCUT2D eigenvalue weighted by molar-refractivity contribution is 7.22. The molecule has 0 bridgehead atoms. The maximum atomic E-state index is 12.8. The third-order valence-electron chi connectivity index (χ3n) is 4.01. The van der Waals surface area contributed by atoms with E-state index < -0.39 is 11.7 Å². The van der Waals surface area contributed by atoms with Gasteiger partial charge >= 0.3 is 6.18 Å². The average molecular weight is 329 g/mol. The minimum Gasteiger partial charge on any atom is -0.347 e. The summed E-state index contributed by atoms with van der Waals surface area (Å²) in [6, 6.07) is 3.80. The van der Waals surface area contributed by atoms with Crippen LogP contribution in [0.3, 0.4) is 0 Å². The van der Waals surface area contributed by atoms with Gasteiger partial charge in [-0.05, 0) is 37.7 Å². The number of thiazole rings is 1. The van der Waals surface area contributed by atoms with Crippen LogP contribution in [0, 0.1) is 0 Å². The van der Waals surface area contributed by atoms with Gasteiger partial charge in [-0.15, -0.1) is 0 Å². The van der Waals surface area contributed by atoms with Gasteiger partial charge in [0.25, 0.3) is 0 Å². The predicted molar refractivity (Wildman–Crippen MR) is 83.6 cm³/mol. The van der Waals surface area contributed by atoms with Crippen molar-refractivity contribution in [1.29, 1.82) is 0 Å². The number of anilines is 1. The Kier molecular flexibility index (Phi) is 4.27. The Morgan fingerprint density at radius 2 is 2.00 bits per heavy atom. The summed E-state index contributed by atoms with van der Waals surface area (Å²) < 4.78 is 39.1. The molecule has 1 aromatic carbocycles. The van der Waals surface area contributed by atoms with E-state index in [1.54, 1.807) is 0 Å². The molecular formula is C15H18F3N3S. The van der Waals surface area contributed by atoms with E-state index in [1.807, 2.05) is 0 Å². The Bertz CT molecular complexity index is 653. The first kappa shape index (κ1) is 15.6. The van der Waals surface area contributed by atoms with Crippen LogP contribution < -0.4 is 4.90 Å². The van der Waals surface area contributed by atoms with Crippen LogP contribution in [-0.2, 0) is 6.18 Å². The number of halogens is 3. The summed E-state index contributed by atoms with van der Waals surface area (Å²) in [7, 11) is 0. The molecule has 2 aromatic rings.